The van der Waals surface area contributed by atoms with Crippen molar-refractivity contribution in [2.24, 2.45) is 5.92 Å². The van der Waals surface area contributed by atoms with E-state index in [1.807, 2.05) is 50.2 Å². The summed E-state index contributed by atoms with van der Waals surface area (Å²) < 4.78 is 7.58. The van der Waals surface area contributed by atoms with Gasteiger partial charge in [0, 0.05) is 24.5 Å². The zero-order valence-corrected chi connectivity index (χ0v) is 18.5. The highest BCUT2D eigenvalue weighted by Crippen LogP contribution is 2.26. The molecule has 0 spiro atoms. The van der Waals surface area contributed by atoms with Crippen LogP contribution in [-0.2, 0) is 11.3 Å². The quantitative estimate of drug-likeness (QED) is 0.415. The molecular formula is C22H24N6O2S. The second-order valence-corrected chi connectivity index (χ2v) is 8.34. The van der Waals surface area contributed by atoms with Crippen LogP contribution in [0.2, 0.25) is 0 Å². The molecule has 3 heterocycles. The lowest BCUT2D eigenvalue weighted by molar-refractivity contribution is -0.119. The van der Waals surface area contributed by atoms with Gasteiger partial charge in [0.1, 0.15) is 6.04 Å². The number of hydrogen-bond acceptors (Lipinski definition) is 7. The fraction of sp³-hybridized carbons (Fsp3) is 0.318. The van der Waals surface area contributed by atoms with Crippen molar-refractivity contribution in [3.8, 4) is 11.4 Å². The highest BCUT2D eigenvalue weighted by molar-refractivity contribution is 7.99. The van der Waals surface area contributed by atoms with Crippen molar-refractivity contribution in [3.05, 3.63) is 54.7 Å². The van der Waals surface area contributed by atoms with Gasteiger partial charge in [-0.25, -0.2) is 4.98 Å². The van der Waals surface area contributed by atoms with Crippen LogP contribution >= 0.6 is 11.8 Å². The van der Waals surface area contributed by atoms with Gasteiger partial charge in [-0.3, -0.25) is 9.78 Å². The number of carbonyl (C=O) groups excluding carboxylic acids is 1. The summed E-state index contributed by atoms with van der Waals surface area (Å²) >= 11 is 1.42. The van der Waals surface area contributed by atoms with E-state index >= 15 is 0 Å². The second kappa shape index (κ2) is 9.30. The van der Waals surface area contributed by atoms with Crippen molar-refractivity contribution in [1.82, 2.24) is 30.0 Å². The fourth-order valence-corrected chi connectivity index (χ4v) is 4.20. The highest BCUT2D eigenvalue weighted by Gasteiger charge is 2.25. The van der Waals surface area contributed by atoms with Crippen molar-refractivity contribution in [3.63, 3.8) is 0 Å². The number of nitrogens with one attached hydrogen (secondary N) is 1. The van der Waals surface area contributed by atoms with E-state index in [-0.39, 0.29) is 23.6 Å². The minimum atomic E-state index is -0.374. The van der Waals surface area contributed by atoms with Crippen LogP contribution < -0.4 is 5.32 Å². The Hall–Kier alpha value is -3.20. The minimum absolute atomic E-state index is 0.0832. The first-order valence-electron chi connectivity index (χ1n) is 10.2. The van der Waals surface area contributed by atoms with Crippen molar-refractivity contribution in [2.75, 3.05) is 5.75 Å². The van der Waals surface area contributed by atoms with Crippen molar-refractivity contribution in [2.45, 2.75) is 38.5 Å². The van der Waals surface area contributed by atoms with Gasteiger partial charge in [0.05, 0.1) is 16.8 Å². The van der Waals surface area contributed by atoms with Crippen LogP contribution in [0.3, 0.4) is 0 Å². The molecule has 0 aliphatic carbocycles. The highest BCUT2D eigenvalue weighted by atomic mass is 32.2. The van der Waals surface area contributed by atoms with Gasteiger partial charge in [0.25, 0.3) is 0 Å². The number of pyridine rings is 1. The van der Waals surface area contributed by atoms with Gasteiger partial charge in [-0.1, -0.05) is 42.9 Å². The van der Waals surface area contributed by atoms with Crippen LogP contribution in [0.15, 0.2) is 58.5 Å². The molecule has 0 radical (unpaired) electrons. The first-order chi connectivity index (χ1) is 15.1. The van der Waals surface area contributed by atoms with E-state index in [1.54, 1.807) is 12.4 Å². The standard InChI is InChI=1S/C22H24N6O2S/c1-4-28-17-8-6-5-7-16(17)24-22(28)31-13-18(29)25-19(14(2)3)21-26-20(27-30-21)15-9-11-23-12-10-15/h5-12,14,19H,4,13H2,1-3H3,(H,25,29). The Morgan fingerprint density at radius 2 is 1.94 bits per heavy atom. The summed E-state index contributed by atoms with van der Waals surface area (Å²) in [5.41, 5.74) is 2.82. The number of para-hydroxylation sites is 2. The summed E-state index contributed by atoms with van der Waals surface area (Å²) in [6.45, 7) is 6.87. The molecule has 4 aromatic rings. The topological polar surface area (TPSA) is 98.7 Å². The van der Waals surface area contributed by atoms with E-state index in [4.69, 9.17) is 4.52 Å². The third-order valence-corrected chi connectivity index (χ3v) is 5.87. The lowest BCUT2D eigenvalue weighted by atomic mass is 10.0. The van der Waals surface area contributed by atoms with Crippen LogP contribution in [0, 0.1) is 5.92 Å². The van der Waals surface area contributed by atoms with E-state index in [1.165, 1.54) is 11.8 Å². The number of fused-ring (bicyclic) bond motifs is 1. The number of thioether (sulfide) groups is 1. The number of carbonyl (C=O) groups is 1. The van der Waals surface area contributed by atoms with Gasteiger partial charge < -0.3 is 14.4 Å². The lowest BCUT2D eigenvalue weighted by Crippen LogP contribution is -2.33. The third kappa shape index (κ3) is 4.61. The van der Waals surface area contributed by atoms with Gasteiger partial charge in [0.15, 0.2) is 5.16 Å². The number of imidazole rings is 1. The maximum atomic E-state index is 12.7. The Morgan fingerprint density at radius 1 is 1.16 bits per heavy atom. The molecule has 3 aromatic heterocycles. The van der Waals surface area contributed by atoms with Crippen molar-refractivity contribution >= 4 is 28.7 Å². The number of nitrogens with zero attached hydrogens (tertiary/aromatic N) is 5. The molecule has 0 saturated heterocycles. The smallest absolute Gasteiger partial charge is 0.249 e. The fourth-order valence-electron chi connectivity index (χ4n) is 3.31. The Kier molecular flexibility index (Phi) is 6.31. The number of hydrogen-bond donors (Lipinski definition) is 1. The number of benzene rings is 1. The molecule has 0 bridgehead atoms. The summed E-state index contributed by atoms with van der Waals surface area (Å²) in [6.07, 6.45) is 3.35. The molecule has 1 amide bonds. The first-order valence-corrected chi connectivity index (χ1v) is 11.2. The van der Waals surface area contributed by atoms with Gasteiger partial charge in [-0.2, -0.15) is 4.98 Å². The molecule has 8 nitrogen and oxygen atoms in total. The largest absolute Gasteiger partial charge is 0.343 e. The molecule has 1 unspecified atom stereocenters. The Labute approximate surface area is 184 Å². The zero-order valence-electron chi connectivity index (χ0n) is 17.6. The molecule has 1 N–H and O–H groups in total. The van der Waals surface area contributed by atoms with Crippen LogP contribution in [-0.4, -0.2) is 36.3 Å². The molecule has 0 aliphatic heterocycles. The van der Waals surface area contributed by atoms with Crippen LogP contribution in [0.25, 0.3) is 22.4 Å². The molecular weight excluding hydrogens is 412 g/mol. The van der Waals surface area contributed by atoms with Gasteiger partial charge in [0.2, 0.25) is 17.6 Å². The number of amides is 1. The molecule has 160 valence electrons. The molecule has 0 fully saturated rings. The number of aryl methyl sites for hydroxylation is 1. The Morgan fingerprint density at radius 3 is 2.68 bits per heavy atom. The molecule has 1 aromatic carbocycles. The summed E-state index contributed by atoms with van der Waals surface area (Å²) in [7, 11) is 0. The van der Waals surface area contributed by atoms with E-state index in [9.17, 15) is 4.79 Å². The Bertz CT molecular complexity index is 1170. The van der Waals surface area contributed by atoms with Gasteiger partial charge in [-0.05, 0) is 37.1 Å². The maximum Gasteiger partial charge on any atom is 0.249 e. The van der Waals surface area contributed by atoms with Crippen LogP contribution in [0.1, 0.15) is 32.7 Å². The SMILES string of the molecule is CCn1c(SCC(=O)NC(c2nc(-c3ccncc3)no2)C(C)C)nc2ccccc21. The minimum Gasteiger partial charge on any atom is -0.343 e. The summed E-state index contributed by atoms with van der Waals surface area (Å²) in [6, 6.07) is 11.2. The molecule has 31 heavy (non-hydrogen) atoms. The summed E-state index contributed by atoms with van der Waals surface area (Å²) in [5, 5.41) is 7.92. The monoisotopic (exact) mass is 436 g/mol. The normalized spacial score (nSPS) is 12.4. The van der Waals surface area contributed by atoms with Crippen molar-refractivity contribution in [1.29, 1.82) is 0 Å². The molecule has 0 saturated carbocycles. The third-order valence-electron chi connectivity index (χ3n) is 4.90. The summed E-state index contributed by atoms with van der Waals surface area (Å²) in [5.74, 6) is 1.09. The first kappa shape index (κ1) is 21.0. The molecule has 1 atom stereocenters. The van der Waals surface area contributed by atoms with Crippen LogP contribution in [0.4, 0.5) is 0 Å². The van der Waals surface area contributed by atoms with Gasteiger partial charge in [-0.15, -0.1) is 0 Å². The molecule has 0 aliphatic rings. The van der Waals surface area contributed by atoms with E-state index < -0.39 is 0 Å². The second-order valence-electron chi connectivity index (χ2n) is 7.40. The Balaban J connectivity index is 1.45. The van der Waals surface area contributed by atoms with Crippen LogP contribution in [0.5, 0.6) is 0 Å². The average molecular weight is 437 g/mol. The molecule has 9 heteroatoms. The van der Waals surface area contributed by atoms with E-state index in [0.717, 1.165) is 28.3 Å². The van der Waals surface area contributed by atoms with E-state index in [2.05, 4.69) is 36.9 Å². The summed E-state index contributed by atoms with van der Waals surface area (Å²) in [4.78, 5) is 25.9. The van der Waals surface area contributed by atoms with Crippen molar-refractivity contribution < 1.29 is 9.32 Å². The maximum absolute atomic E-state index is 12.7. The number of aromatic nitrogens is 5. The predicted molar refractivity (Wildman–Crippen MR) is 119 cm³/mol. The molecule has 4 rings (SSSR count). The van der Waals surface area contributed by atoms with E-state index in [0.29, 0.717) is 11.7 Å². The average Bonchev–Trinajstić information content (AvgIpc) is 3.41. The van der Waals surface area contributed by atoms with Gasteiger partial charge >= 0.3 is 0 Å². The number of rotatable bonds is 8. The zero-order chi connectivity index (χ0) is 21.8. The lowest BCUT2D eigenvalue weighted by Gasteiger charge is -2.18. The predicted octanol–water partition coefficient (Wildman–Crippen LogP) is 4.11.